The second-order valence-corrected chi connectivity index (χ2v) is 4.53. The molecule has 0 aliphatic rings. The van der Waals surface area contributed by atoms with Gasteiger partial charge in [-0.3, -0.25) is 4.98 Å². The molecule has 0 atom stereocenters. The van der Waals surface area contributed by atoms with Crippen LogP contribution in [0.4, 0.5) is 0 Å². The van der Waals surface area contributed by atoms with E-state index >= 15 is 0 Å². The van der Waals surface area contributed by atoms with E-state index in [1.165, 1.54) is 22.3 Å². The molecule has 0 radical (unpaired) electrons. The number of aromatic nitrogens is 1. The number of hydrogen-bond donors (Lipinski definition) is 1. The molecule has 0 fully saturated rings. The lowest BCUT2D eigenvalue weighted by molar-refractivity contribution is 0.685. The lowest BCUT2D eigenvalue weighted by Crippen LogP contribution is -2.14. The molecule has 1 aromatic heterocycles. The largest absolute Gasteiger partial charge is 0.309 e. The van der Waals surface area contributed by atoms with Gasteiger partial charge in [-0.2, -0.15) is 0 Å². The number of aryl methyl sites for hydroxylation is 2. The minimum atomic E-state index is 0.895. The maximum absolute atomic E-state index is 4.11. The van der Waals surface area contributed by atoms with Gasteiger partial charge in [-0.15, -0.1) is 0 Å². The molecule has 94 valence electrons. The fourth-order valence-electron chi connectivity index (χ4n) is 2.11. The van der Waals surface area contributed by atoms with Crippen LogP contribution in [0.25, 0.3) is 0 Å². The Hall–Kier alpha value is -1.67. The Morgan fingerprint density at radius 3 is 2.44 bits per heavy atom. The number of pyridine rings is 1. The molecule has 0 unspecified atom stereocenters. The van der Waals surface area contributed by atoms with E-state index in [9.17, 15) is 0 Å². The molecule has 0 aliphatic carbocycles. The van der Waals surface area contributed by atoms with Gasteiger partial charge in [0.25, 0.3) is 0 Å². The summed E-state index contributed by atoms with van der Waals surface area (Å²) in [5.74, 6) is 0. The van der Waals surface area contributed by atoms with Crippen LogP contribution < -0.4 is 5.32 Å². The highest BCUT2D eigenvalue weighted by molar-refractivity contribution is 5.27. The van der Waals surface area contributed by atoms with E-state index in [0.717, 1.165) is 19.5 Å². The van der Waals surface area contributed by atoms with Gasteiger partial charge in [-0.1, -0.05) is 31.2 Å². The Morgan fingerprint density at radius 2 is 1.72 bits per heavy atom. The van der Waals surface area contributed by atoms with Gasteiger partial charge in [-0.05, 0) is 41.7 Å². The SMILES string of the molecule is CCc1ccccc1CNCc1ccncc1C. The van der Waals surface area contributed by atoms with Gasteiger partial charge in [0.15, 0.2) is 0 Å². The number of nitrogens with zero attached hydrogens (tertiary/aromatic N) is 1. The minimum Gasteiger partial charge on any atom is -0.309 e. The predicted molar refractivity (Wildman–Crippen MR) is 75.3 cm³/mol. The zero-order valence-corrected chi connectivity index (χ0v) is 11.1. The average Bonchev–Trinajstić information content (AvgIpc) is 2.41. The lowest BCUT2D eigenvalue weighted by Gasteiger charge is -2.10. The molecule has 0 spiro atoms. The number of nitrogens with one attached hydrogen (secondary N) is 1. The third-order valence-electron chi connectivity index (χ3n) is 3.27. The van der Waals surface area contributed by atoms with Gasteiger partial charge in [0.05, 0.1) is 0 Å². The standard InChI is InChI=1S/C16H20N2/c1-3-14-6-4-5-7-16(14)12-18-11-15-8-9-17-10-13(15)2/h4-10,18H,3,11-12H2,1-2H3. The molecule has 0 saturated carbocycles. The van der Waals surface area contributed by atoms with E-state index in [1.54, 1.807) is 0 Å². The van der Waals surface area contributed by atoms with Gasteiger partial charge >= 0.3 is 0 Å². The Labute approximate surface area is 109 Å². The van der Waals surface area contributed by atoms with Crippen molar-refractivity contribution in [2.45, 2.75) is 33.4 Å². The van der Waals surface area contributed by atoms with E-state index in [2.05, 4.69) is 54.5 Å². The summed E-state index contributed by atoms with van der Waals surface area (Å²) < 4.78 is 0. The smallest absolute Gasteiger partial charge is 0.0300 e. The van der Waals surface area contributed by atoms with Crippen molar-refractivity contribution in [3.8, 4) is 0 Å². The lowest BCUT2D eigenvalue weighted by atomic mass is 10.1. The van der Waals surface area contributed by atoms with Crippen molar-refractivity contribution in [2.75, 3.05) is 0 Å². The van der Waals surface area contributed by atoms with Crippen LogP contribution in [0.1, 0.15) is 29.2 Å². The average molecular weight is 240 g/mol. The molecule has 1 heterocycles. The summed E-state index contributed by atoms with van der Waals surface area (Å²) in [6, 6.07) is 10.7. The minimum absolute atomic E-state index is 0.895. The zero-order valence-electron chi connectivity index (χ0n) is 11.1. The van der Waals surface area contributed by atoms with Crippen molar-refractivity contribution in [3.05, 3.63) is 65.0 Å². The highest BCUT2D eigenvalue weighted by atomic mass is 14.8. The number of benzene rings is 1. The van der Waals surface area contributed by atoms with Gasteiger partial charge in [0.1, 0.15) is 0 Å². The van der Waals surface area contributed by atoms with Crippen LogP contribution in [0.15, 0.2) is 42.7 Å². The van der Waals surface area contributed by atoms with Crippen LogP contribution in [0.5, 0.6) is 0 Å². The van der Waals surface area contributed by atoms with Crippen LogP contribution in [0.2, 0.25) is 0 Å². The van der Waals surface area contributed by atoms with E-state index in [1.807, 2.05) is 12.4 Å². The highest BCUT2D eigenvalue weighted by Crippen LogP contribution is 2.10. The molecule has 2 heteroatoms. The summed E-state index contributed by atoms with van der Waals surface area (Å²) in [4.78, 5) is 4.11. The first kappa shape index (κ1) is 12.8. The van der Waals surface area contributed by atoms with Crippen molar-refractivity contribution in [1.82, 2.24) is 10.3 Å². The third kappa shape index (κ3) is 3.17. The molecule has 0 bridgehead atoms. The molecular weight excluding hydrogens is 220 g/mol. The van der Waals surface area contributed by atoms with E-state index in [-0.39, 0.29) is 0 Å². The van der Waals surface area contributed by atoms with Crippen LogP contribution in [-0.2, 0) is 19.5 Å². The van der Waals surface area contributed by atoms with E-state index in [4.69, 9.17) is 0 Å². The van der Waals surface area contributed by atoms with E-state index in [0.29, 0.717) is 0 Å². The summed E-state index contributed by atoms with van der Waals surface area (Å²) in [7, 11) is 0. The second-order valence-electron chi connectivity index (χ2n) is 4.53. The summed E-state index contributed by atoms with van der Waals surface area (Å²) in [5, 5.41) is 3.51. The molecule has 2 aromatic rings. The summed E-state index contributed by atoms with van der Waals surface area (Å²) in [6.45, 7) is 6.12. The first-order valence-corrected chi connectivity index (χ1v) is 6.48. The maximum Gasteiger partial charge on any atom is 0.0300 e. The molecule has 2 rings (SSSR count). The Morgan fingerprint density at radius 1 is 1.00 bits per heavy atom. The van der Waals surface area contributed by atoms with Crippen molar-refractivity contribution in [3.63, 3.8) is 0 Å². The topological polar surface area (TPSA) is 24.9 Å². The first-order chi connectivity index (χ1) is 8.81. The van der Waals surface area contributed by atoms with Gasteiger partial charge in [0, 0.05) is 25.5 Å². The van der Waals surface area contributed by atoms with Crippen LogP contribution in [-0.4, -0.2) is 4.98 Å². The van der Waals surface area contributed by atoms with Crippen molar-refractivity contribution in [2.24, 2.45) is 0 Å². The number of hydrogen-bond acceptors (Lipinski definition) is 2. The Kier molecular flexibility index (Phi) is 4.48. The molecule has 1 N–H and O–H groups in total. The summed E-state index contributed by atoms with van der Waals surface area (Å²) in [5.41, 5.74) is 5.39. The normalized spacial score (nSPS) is 10.6. The Bertz CT molecular complexity index is 506. The summed E-state index contributed by atoms with van der Waals surface area (Å²) >= 11 is 0. The van der Waals surface area contributed by atoms with Gasteiger partial charge in [0.2, 0.25) is 0 Å². The zero-order chi connectivity index (χ0) is 12.8. The molecule has 2 nitrogen and oxygen atoms in total. The quantitative estimate of drug-likeness (QED) is 0.868. The molecule has 1 aromatic carbocycles. The monoisotopic (exact) mass is 240 g/mol. The maximum atomic E-state index is 4.11. The van der Waals surface area contributed by atoms with Crippen LogP contribution in [0.3, 0.4) is 0 Å². The first-order valence-electron chi connectivity index (χ1n) is 6.48. The fourth-order valence-corrected chi connectivity index (χ4v) is 2.11. The summed E-state index contributed by atoms with van der Waals surface area (Å²) in [6.07, 6.45) is 4.85. The highest BCUT2D eigenvalue weighted by Gasteiger charge is 2.00. The van der Waals surface area contributed by atoms with Crippen LogP contribution in [0, 0.1) is 6.92 Å². The number of rotatable bonds is 5. The van der Waals surface area contributed by atoms with Crippen molar-refractivity contribution >= 4 is 0 Å². The third-order valence-corrected chi connectivity index (χ3v) is 3.27. The fraction of sp³-hybridized carbons (Fsp3) is 0.312. The van der Waals surface area contributed by atoms with Gasteiger partial charge in [-0.25, -0.2) is 0 Å². The van der Waals surface area contributed by atoms with Crippen LogP contribution >= 0.6 is 0 Å². The van der Waals surface area contributed by atoms with Crippen molar-refractivity contribution in [1.29, 1.82) is 0 Å². The Balaban J connectivity index is 1.95. The van der Waals surface area contributed by atoms with Gasteiger partial charge < -0.3 is 5.32 Å². The van der Waals surface area contributed by atoms with Crippen molar-refractivity contribution < 1.29 is 0 Å². The molecule has 0 aliphatic heterocycles. The molecule has 0 saturated heterocycles. The van der Waals surface area contributed by atoms with E-state index < -0.39 is 0 Å². The second kappa shape index (κ2) is 6.31. The molecular formula is C16H20N2. The molecule has 0 amide bonds. The predicted octanol–water partition coefficient (Wildman–Crippen LogP) is 3.24. The molecule has 18 heavy (non-hydrogen) atoms.